The number of pyridine rings is 1. The Kier molecular flexibility index (Phi) is 4.58. The molecule has 0 fully saturated rings. The zero-order valence-corrected chi connectivity index (χ0v) is 15.0. The van der Waals surface area contributed by atoms with E-state index >= 15 is 0 Å². The van der Waals surface area contributed by atoms with Crippen LogP contribution in [0.5, 0.6) is 0 Å². The van der Waals surface area contributed by atoms with Crippen molar-refractivity contribution in [2.45, 2.75) is 11.8 Å². The van der Waals surface area contributed by atoms with E-state index in [1.807, 2.05) is 0 Å². The van der Waals surface area contributed by atoms with Gasteiger partial charge >= 0.3 is 0 Å². The first-order chi connectivity index (χ1) is 12.3. The Labute approximate surface area is 151 Å². The lowest BCUT2D eigenvalue weighted by Gasteiger charge is -2.14. The van der Waals surface area contributed by atoms with Gasteiger partial charge in [0.15, 0.2) is 9.84 Å². The SMILES string of the molecule is Cc1nc(-c2ccc(F)cc2)c(-c2ccccc2S(C)(=O)=O)cc1C#N. The van der Waals surface area contributed by atoms with Crippen LogP contribution in [-0.4, -0.2) is 19.7 Å². The van der Waals surface area contributed by atoms with Gasteiger partial charge < -0.3 is 0 Å². The van der Waals surface area contributed by atoms with Gasteiger partial charge in [0.05, 0.1) is 21.8 Å². The summed E-state index contributed by atoms with van der Waals surface area (Å²) in [6.45, 7) is 1.71. The number of nitriles is 1. The van der Waals surface area contributed by atoms with Gasteiger partial charge in [0, 0.05) is 22.9 Å². The van der Waals surface area contributed by atoms with Gasteiger partial charge in [-0.25, -0.2) is 12.8 Å². The molecule has 0 spiro atoms. The van der Waals surface area contributed by atoms with Gasteiger partial charge in [-0.1, -0.05) is 18.2 Å². The molecule has 0 amide bonds. The lowest BCUT2D eigenvalue weighted by atomic mass is 9.97. The third kappa shape index (κ3) is 3.35. The van der Waals surface area contributed by atoms with Crippen LogP contribution in [0, 0.1) is 24.1 Å². The number of halogens is 1. The number of rotatable bonds is 3. The van der Waals surface area contributed by atoms with Gasteiger partial charge in [0.25, 0.3) is 0 Å². The highest BCUT2D eigenvalue weighted by Crippen LogP contribution is 2.35. The van der Waals surface area contributed by atoms with E-state index in [1.54, 1.807) is 43.3 Å². The summed E-state index contributed by atoms with van der Waals surface area (Å²) in [5.41, 5.74) is 2.98. The zero-order chi connectivity index (χ0) is 18.9. The van der Waals surface area contributed by atoms with Crippen LogP contribution in [0.1, 0.15) is 11.3 Å². The number of aromatic nitrogens is 1. The molecule has 2 aromatic carbocycles. The Bertz CT molecular complexity index is 1130. The van der Waals surface area contributed by atoms with Crippen LogP contribution in [0.3, 0.4) is 0 Å². The molecule has 0 N–H and O–H groups in total. The third-order valence-corrected chi connectivity index (χ3v) is 5.18. The molecule has 3 rings (SSSR count). The van der Waals surface area contributed by atoms with Gasteiger partial charge in [-0.05, 0) is 43.3 Å². The lowest BCUT2D eigenvalue weighted by molar-refractivity contribution is 0.602. The van der Waals surface area contributed by atoms with Crippen LogP contribution in [0.4, 0.5) is 4.39 Å². The molecule has 0 saturated carbocycles. The molecule has 0 atom stereocenters. The smallest absolute Gasteiger partial charge is 0.176 e. The van der Waals surface area contributed by atoms with Crippen LogP contribution < -0.4 is 0 Å². The minimum atomic E-state index is -3.49. The number of hydrogen-bond acceptors (Lipinski definition) is 4. The van der Waals surface area contributed by atoms with Gasteiger partial charge in [0.1, 0.15) is 11.9 Å². The molecule has 3 aromatic rings. The maximum atomic E-state index is 13.3. The van der Waals surface area contributed by atoms with Gasteiger partial charge in [-0.15, -0.1) is 0 Å². The summed E-state index contributed by atoms with van der Waals surface area (Å²) < 4.78 is 37.7. The first kappa shape index (κ1) is 17.8. The van der Waals surface area contributed by atoms with Crippen molar-refractivity contribution < 1.29 is 12.8 Å². The first-order valence-corrected chi connectivity index (χ1v) is 9.67. The average Bonchev–Trinajstić information content (AvgIpc) is 2.61. The molecule has 1 aromatic heterocycles. The summed E-state index contributed by atoms with van der Waals surface area (Å²) in [5, 5.41) is 9.36. The summed E-state index contributed by atoms with van der Waals surface area (Å²) in [5.74, 6) is -0.378. The minimum absolute atomic E-state index is 0.151. The lowest BCUT2D eigenvalue weighted by Crippen LogP contribution is -2.02. The van der Waals surface area contributed by atoms with Gasteiger partial charge in [-0.2, -0.15) is 5.26 Å². The summed E-state index contributed by atoms with van der Waals surface area (Å²) >= 11 is 0. The van der Waals surface area contributed by atoms with E-state index in [9.17, 15) is 18.1 Å². The fraction of sp³-hybridized carbons (Fsp3) is 0.100. The molecule has 0 saturated heterocycles. The largest absolute Gasteiger partial charge is 0.251 e. The Balaban J connectivity index is 2.38. The number of hydrogen-bond donors (Lipinski definition) is 0. The van der Waals surface area contributed by atoms with E-state index in [1.165, 1.54) is 18.2 Å². The fourth-order valence-electron chi connectivity index (χ4n) is 2.76. The normalized spacial score (nSPS) is 11.2. The quantitative estimate of drug-likeness (QED) is 0.698. The second-order valence-corrected chi connectivity index (χ2v) is 7.89. The van der Waals surface area contributed by atoms with E-state index in [4.69, 9.17) is 0 Å². The number of nitrogens with zero attached hydrogens (tertiary/aromatic N) is 2. The number of sulfone groups is 1. The van der Waals surface area contributed by atoms with Crippen molar-refractivity contribution in [2.75, 3.05) is 6.26 Å². The van der Waals surface area contributed by atoms with E-state index in [-0.39, 0.29) is 10.7 Å². The van der Waals surface area contributed by atoms with Crippen LogP contribution >= 0.6 is 0 Å². The Hall–Kier alpha value is -3.04. The average molecular weight is 366 g/mol. The molecule has 0 unspecified atom stereocenters. The van der Waals surface area contributed by atoms with Crippen molar-refractivity contribution in [3.63, 3.8) is 0 Å². The van der Waals surface area contributed by atoms with Gasteiger partial charge in [-0.3, -0.25) is 4.98 Å². The summed E-state index contributed by atoms with van der Waals surface area (Å²) in [6, 6.07) is 16.1. The number of aryl methyl sites for hydroxylation is 1. The van der Waals surface area contributed by atoms with Crippen molar-refractivity contribution in [1.29, 1.82) is 5.26 Å². The predicted molar refractivity (Wildman–Crippen MR) is 97.6 cm³/mol. The Morgan fingerprint density at radius 3 is 2.31 bits per heavy atom. The highest BCUT2D eigenvalue weighted by molar-refractivity contribution is 7.90. The molecular formula is C20H15FN2O2S. The third-order valence-electron chi connectivity index (χ3n) is 4.03. The molecule has 0 radical (unpaired) electrons. The maximum absolute atomic E-state index is 13.3. The number of benzene rings is 2. The van der Waals surface area contributed by atoms with Crippen molar-refractivity contribution >= 4 is 9.84 Å². The molecule has 6 heteroatoms. The Morgan fingerprint density at radius 1 is 1.04 bits per heavy atom. The van der Waals surface area contributed by atoms with Crippen LogP contribution in [0.2, 0.25) is 0 Å². The monoisotopic (exact) mass is 366 g/mol. The van der Waals surface area contributed by atoms with Gasteiger partial charge in [0.2, 0.25) is 0 Å². The molecule has 0 aliphatic rings. The summed E-state index contributed by atoms with van der Waals surface area (Å²) in [6.07, 6.45) is 1.14. The highest BCUT2D eigenvalue weighted by atomic mass is 32.2. The second kappa shape index (κ2) is 6.70. The van der Waals surface area contributed by atoms with E-state index in [0.717, 1.165) is 6.26 Å². The van der Waals surface area contributed by atoms with Crippen molar-refractivity contribution in [2.24, 2.45) is 0 Å². The minimum Gasteiger partial charge on any atom is -0.251 e. The van der Waals surface area contributed by atoms with Crippen molar-refractivity contribution in [3.05, 3.63) is 71.7 Å². The maximum Gasteiger partial charge on any atom is 0.176 e. The molecule has 1 heterocycles. The highest BCUT2D eigenvalue weighted by Gasteiger charge is 2.19. The standard InChI is InChI=1S/C20H15FN2O2S/c1-13-15(12-22)11-18(17-5-3-4-6-19(17)26(2,24)25)20(23-13)14-7-9-16(21)10-8-14/h3-11H,1-2H3. The molecule has 0 aliphatic carbocycles. The molecular weight excluding hydrogens is 351 g/mol. The van der Waals surface area contributed by atoms with Crippen molar-refractivity contribution in [3.8, 4) is 28.5 Å². The topological polar surface area (TPSA) is 70.8 Å². The van der Waals surface area contributed by atoms with Crippen LogP contribution in [0.25, 0.3) is 22.4 Å². The fourth-order valence-corrected chi connectivity index (χ4v) is 3.67. The van der Waals surface area contributed by atoms with E-state index in [0.29, 0.717) is 33.6 Å². The molecule has 26 heavy (non-hydrogen) atoms. The van der Waals surface area contributed by atoms with E-state index in [2.05, 4.69) is 11.1 Å². The second-order valence-electron chi connectivity index (χ2n) is 5.90. The van der Waals surface area contributed by atoms with E-state index < -0.39 is 9.84 Å². The zero-order valence-electron chi connectivity index (χ0n) is 14.2. The first-order valence-electron chi connectivity index (χ1n) is 7.78. The molecule has 0 bridgehead atoms. The Morgan fingerprint density at radius 2 is 1.69 bits per heavy atom. The summed E-state index contributed by atoms with van der Waals surface area (Å²) in [4.78, 5) is 4.65. The molecule has 130 valence electrons. The molecule has 4 nitrogen and oxygen atoms in total. The van der Waals surface area contributed by atoms with Crippen LogP contribution in [-0.2, 0) is 9.84 Å². The predicted octanol–water partition coefficient (Wildman–Crippen LogP) is 4.14. The van der Waals surface area contributed by atoms with Crippen LogP contribution in [0.15, 0.2) is 59.5 Å². The van der Waals surface area contributed by atoms with Crippen molar-refractivity contribution in [1.82, 2.24) is 4.98 Å². The molecule has 0 aliphatic heterocycles. The summed E-state index contributed by atoms with van der Waals surface area (Å²) in [7, 11) is -3.49.